The Hall–Kier alpha value is -3.08. The Morgan fingerprint density at radius 3 is 2.73 bits per heavy atom. The van der Waals surface area contributed by atoms with Gasteiger partial charge in [0.15, 0.2) is 0 Å². The van der Waals surface area contributed by atoms with Crippen molar-refractivity contribution >= 4 is 5.91 Å². The summed E-state index contributed by atoms with van der Waals surface area (Å²) >= 11 is 0. The Morgan fingerprint density at radius 1 is 1.27 bits per heavy atom. The molecular weight excluding hydrogens is 347 g/mol. The number of carbonyl (C=O) groups excluding carboxylic acids is 1. The number of hydrogen-bond donors (Lipinski definition) is 1. The van der Waals surface area contributed by atoms with Crippen molar-refractivity contribution in [2.24, 2.45) is 0 Å². The van der Waals surface area contributed by atoms with Gasteiger partial charge in [-0.3, -0.25) is 9.59 Å². The third kappa shape index (κ3) is 5.21. The third-order valence-corrected chi connectivity index (χ3v) is 3.29. The van der Waals surface area contributed by atoms with Crippen LogP contribution in [-0.2, 0) is 12.7 Å². The molecule has 0 radical (unpaired) electrons. The molecule has 0 saturated carbocycles. The van der Waals surface area contributed by atoms with Crippen LogP contribution in [0.2, 0.25) is 0 Å². The molecule has 1 amide bonds. The molecule has 2 aromatic rings. The van der Waals surface area contributed by atoms with Crippen molar-refractivity contribution in [3.8, 4) is 11.8 Å². The minimum atomic E-state index is -4.43. The standard InChI is InChI=1S/C18H16F3N3O2/c1-2-11-24-16(25)9-8-15(23-24)17(26)22-10-4-6-13-5-3-7-14(12-13)18(19,20)21/h3,5,7-9,12H,2,10-11H2,1H3,(H,22,26). The zero-order valence-corrected chi connectivity index (χ0v) is 13.9. The van der Waals surface area contributed by atoms with E-state index in [1.165, 1.54) is 28.9 Å². The van der Waals surface area contributed by atoms with Gasteiger partial charge in [0.05, 0.1) is 12.1 Å². The summed E-state index contributed by atoms with van der Waals surface area (Å²) in [7, 11) is 0. The van der Waals surface area contributed by atoms with Crippen LogP contribution in [-0.4, -0.2) is 22.2 Å². The van der Waals surface area contributed by atoms with Crippen LogP contribution < -0.4 is 10.9 Å². The number of amides is 1. The van der Waals surface area contributed by atoms with Crippen LogP contribution in [0, 0.1) is 11.8 Å². The highest BCUT2D eigenvalue weighted by Gasteiger charge is 2.30. The number of carbonyl (C=O) groups is 1. The van der Waals surface area contributed by atoms with Crippen LogP contribution in [0.4, 0.5) is 13.2 Å². The molecule has 2 rings (SSSR count). The van der Waals surface area contributed by atoms with Crippen molar-refractivity contribution in [2.75, 3.05) is 6.54 Å². The summed E-state index contributed by atoms with van der Waals surface area (Å²) in [5.74, 6) is 4.63. The fourth-order valence-electron chi connectivity index (χ4n) is 2.08. The zero-order valence-electron chi connectivity index (χ0n) is 13.9. The number of nitrogens with zero attached hydrogens (tertiary/aromatic N) is 2. The summed E-state index contributed by atoms with van der Waals surface area (Å²) in [6.45, 7) is 2.21. The number of halogens is 3. The van der Waals surface area contributed by atoms with Crippen molar-refractivity contribution in [3.05, 3.63) is 63.6 Å². The Bertz CT molecular complexity index is 908. The van der Waals surface area contributed by atoms with Gasteiger partial charge in [0.1, 0.15) is 5.69 Å². The van der Waals surface area contributed by atoms with Gasteiger partial charge in [-0.2, -0.15) is 18.3 Å². The molecule has 0 fully saturated rings. The molecule has 1 heterocycles. The predicted octanol–water partition coefficient (Wildman–Crippen LogP) is 2.45. The molecule has 0 bridgehead atoms. The van der Waals surface area contributed by atoms with E-state index >= 15 is 0 Å². The number of nitrogens with one attached hydrogen (secondary N) is 1. The van der Waals surface area contributed by atoms with Gasteiger partial charge in [0.2, 0.25) is 0 Å². The maximum atomic E-state index is 12.6. The molecule has 0 atom stereocenters. The summed E-state index contributed by atoms with van der Waals surface area (Å²) in [6, 6.07) is 7.19. The van der Waals surface area contributed by atoms with Gasteiger partial charge in [-0.25, -0.2) is 4.68 Å². The Labute approximate surface area is 147 Å². The number of rotatable bonds is 4. The Morgan fingerprint density at radius 2 is 2.04 bits per heavy atom. The molecule has 0 aliphatic carbocycles. The highest BCUT2D eigenvalue weighted by molar-refractivity contribution is 5.92. The normalized spacial score (nSPS) is 10.8. The highest BCUT2D eigenvalue weighted by atomic mass is 19.4. The first kappa shape index (κ1) is 19.2. The van der Waals surface area contributed by atoms with Crippen LogP contribution in [0.1, 0.15) is 35.0 Å². The SMILES string of the molecule is CCCn1nc(C(=O)NCC#Cc2cccc(C(F)(F)F)c2)ccc1=O. The summed E-state index contributed by atoms with van der Waals surface area (Å²) in [4.78, 5) is 23.6. The first-order valence-corrected chi connectivity index (χ1v) is 7.83. The third-order valence-electron chi connectivity index (χ3n) is 3.29. The summed E-state index contributed by atoms with van der Waals surface area (Å²) in [6.07, 6.45) is -3.74. The van der Waals surface area contributed by atoms with Crippen LogP contribution in [0.15, 0.2) is 41.2 Å². The molecule has 1 aromatic carbocycles. The molecule has 0 aliphatic rings. The quantitative estimate of drug-likeness (QED) is 0.849. The lowest BCUT2D eigenvalue weighted by Gasteiger charge is -2.06. The van der Waals surface area contributed by atoms with E-state index in [0.29, 0.717) is 13.0 Å². The molecule has 1 N–H and O–H groups in total. The largest absolute Gasteiger partial charge is 0.416 e. The second-order valence-electron chi connectivity index (χ2n) is 5.34. The minimum absolute atomic E-state index is 0.0658. The number of alkyl halides is 3. The molecule has 0 unspecified atom stereocenters. The van der Waals surface area contributed by atoms with Gasteiger partial charge in [-0.05, 0) is 30.7 Å². The Balaban J connectivity index is 2.01. The zero-order chi connectivity index (χ0) is 19.2. The molecule has 26 heavy (non-hydrogen) atoms. The minimum Gasteiger partial charge on any atom is -0.340 e. The van der Waals surface area contributed by atoms with Crippen molar-refractivity contribution < 1.29 is 18.0 Å². The number of aryl methyl sites for hydroxylation is 1. The average Bonchev–Trinajstić information content (AvgIpc) is 2.60. The van der Waals surface area contributed by atoms with E-state index in [0.717, 1.165) is 12.1 Å². The maximum absolute atomic E-state index is 12.6. The molecule has 0 aliphatic heterocycles. The van der Waals surface area contributed by atoms with Crippen molar-refractivity contribution in [1.29, 1.82) is 0 Å². The van der Waals surface area contributed by atoms with Gasteiger partial charge >= 0.3 is 6.18 Å². The van der Waals surface area contributed by atoms with Gasteiger partial charge in [0, 0.05) is 18.2 Å². The van der Waals surface area contributed by atoms with Crippen molar-refractivity contribution in [3.63, 3.8) is 0 Å². The summed E-state index contributed by atoms with van der Waals surface area (Å²) in [5.41, 5.74) is -0.814. The predicted molar refractivity (Wildman–Crippen MR) is 89.4 cm³/mol. The lowest BCUT2D eigenvalue weighted by atomic mass is 10.1. The number of hydrogen-bond acceptors (Lipinski definition) is 3. The summed E-state index contributed by atoms with van der Waals surface area (Å²) in [5, 5.41) is 6.45. The molecule has 5 nitrogen and oxygen atoms in total. The van der Waals surface area contributed by atoms with E-state index in [4.69, 9.17) is 0 Å². The molecule has 0 spiro atoms. The smallest absolute Gasteiger partial charge is 0.340 e. The van der Waals surface area contributed by atoms with Crippen LogP contribution >= 0.6 is 0 Å². The van der Waals surface area contributed by atoms with Crippen LogP contribution in [0.25, 0.3) is 0 Å². The van der Waals surface area contributed by atoms with E-state index in [1.807, 2.05) is 6.92 Å². The fraction of sp³-hybridized carbons (Fsp3) is 0.278. The molecular formula is C18H16F3N3O2. The first-order valence-electron chi connectivity index (χ1n) is 7.83. The number of aromatic nitrogens is 2. The first-order chi connectivity index (χ1) is 12.3. The number of benzene rings is 1. The highest BCUT2D eigenvalue weighted by Crippen LogP contribution is 2.29. The van der Waals surface area contributed by atoms with Gasteiger partial charge in [-0.1, -0.05) is 24.8 Å². The lowest BCUT2D eigenvalue weighted by Crippen LogP contribution is -2.29. The van der Waals surface area contributed by atoms with Gasteiger partial charge in [-0.15, -0.1) is 0 Å². The molecule has 8 heteroatoms. The van der Waals surface area contributed by atoms with E-state index in [1.54, 1.807) is 0 Å². The molecule has 1 aromatic heterocycles. The topological polar surface area (TPSA) is 64.0 Å². The van der Waals surface area contributed by atoms with E-state index in [-0.39, 0.29) is 23.4 Å². The second-order valence-corrected chi connectivity index (χ2v) is 5.34. The van der Waals surface area contributed by atoms with E-state index in [9.17, 15) is 22.8 Å². The van der Waals surface area contributed by atoms with E-state index in [2.05, 4.69) is 22.3 Å². The lowest BCUT2D eigenvalue weighted by molar-refractivity contribution is -0.137. The van der Waals surface area contributed by atoms with E-state index < -0.39 is 17.6 Å². The van der Waals surface area contributed by atoms with Crippen LogP contribution in [0.5, 0.6) is 0 Å². The maximum Gasteiger partial charge on any atom is 0.416 e. The monoisotopic (exact) mass is 363 g/mol. The Kier molecular flexibility index (Phi) is 6.17. The second kappa shape index (κ2) is 8.34. The molecule has 136 valence electrons. The molecule has 0 saturated heterocycles. The van der Waals surface area contributed by atoms with Crippen molar-refractivity contribution in [2.45, 2.75) is 26.1 Å². The van der Waals surface area contributed by atoms with Crippen molar-refractivity contribution in [1.82, 2.24) is 15.1 Å². The summed E-state index contributed by atoms with van der Waals surface area (Å²) < 4.78 is 39.1. The average molecular weight is 363 g/mol. The van der Waals surface area contributed by atoms with Crippen LogP contribution in [0.3, 0.4) is 0 Å². The fourth-order valence-corrected chi connectivity index (χ4v) is 2.08. The van der Waals surface area contributed by atoms with Gasteiger partial charge < -0.3 is 5.32 Å². The van der Waals surface area contributed by atoms with Gasteiger partial charge in [0.25, 0.3) is 11.5 Å².